The number of carbonyl (C=O) groups is 1. The Morgan fingerprint density at radius 3 is 2.85 bits per heavy atom. The van der Waals surface area contributed by atoms with Crippen LogP contribution in [0.2, 0.25) is 0 Å². The van der Waals surface area contributed by atoms with Crippen molar-refractivity contribution in [1.82, 2.24) is 34.4 Å². The van der Waals surface area contributed by atoms with Crippen LogP contribution in [-0.2, 0) is 20.2 Å². The minimum atomic E-state index is -0.117. The lowest BCUT2D eigenvalue weighted by atomic mass is 9.96. The molecule has 2 amide bonds. The van der Waals surface area contributed by atoms with Crippen LogP contribution >= 0.6 is 0 Å². The molecule has 0 aliphatic carbocycles. The SMILES string of the molecule is Cn1c(CO)nnc1C1CCN(C(=O)NCc2cnc3ccccn23)CC1. The number of pyridine rings is 1. The second-order valence-corrected chi connectivity index (χ2v) is 6.79. The van der Waals surface area contributed by atoms with E-state index in [0.29, 0.717) is 25.5 Å². The van der Waals surface area contributed by atoms with Crippen molar-refractivity contribution in [3.8, 4) is 0 Å². The normalized spacial score (nSPS) is 15.4. The monoisotopic (exact) mass is 369 g/mol. The first-order valence-corrected chi connectivity index (χ1v) is 9.10. The van der Waals surface area contributed by atoms with Gasteiger partial charge in [-0.2, -0.15) is 0 Å². The van der Waals surface area contributed by atoms with Crippen LogP contribution < -0.4 is 5.32 Å². The van der Waals surface area contributed by atoms with E-state index in [1.165, 1.54) is 0 Å². The lowest BCUT2D eigenvalue weighted by Gasteiger charge is -2.31. The maximum atomic E-state index is 12.5. The first kappa shape index (κ1) is 17.5. The molecule has 1 aliphatic heterocycles. The average Bonchev–Trinajstić information content (AvgIpc) is 3.29. The fourth-order valence-corrected chi connectivity index (χ4v) is 3.60. The van der Waals surface area contributed by atoms with E-state index in [0.717, 1.165) is 30.0 Å². The second kappa shape index (κ2) is 7.36. The third kappa shape index (κ3) is 3.37. The Morgan fingerprint density at radius 1 is 1.30 bits per heavy atom. The summed E-state index contributed by atoms with van der Waals surface area (Å²) in [5.74, 6) is 1.70. The predicted molar refractivity (Wildman–Crippen MR) is 97.9 cm³/mol. The first-order valence-electron chi connectivity index (χ1n) is 9.10. The zero-order chi connectivity index (χ0) is 18.8. The molecule has 1 fully saturated rings. The summed E-state index contributed by atoms with van der Waals surface area (Å²) < 4.78 is 3.82. The number of aliphatic hydroxyl groups is 1. The minimum Gasteiger partial charge on any atom is -0.388 e. The largest absolute Gasteiger partial charge is 0.388 e. The number of hydrogen-bond acceptors (Lipinski definition) is 5. The number of nitrogens with one attached hydrogen (secondary N) is 1. The number of amides is 2. The Bertz CT molecular complexity index is 940. The summed E-state index contributed by atoms with van der Waals surface area (Å²) in [6.07, 6.45) is 5.40. The van der Waals surface area contributed by atoms with E-state index in [1.807, 2.05) is 45.3 Å². The number of aliphatic hydroxyl groups excluding tert-OH is 1. The van der Waals surface area contributed by atoms with E-state index in [9.17, 15) is 9.90 Å². The van der Waals surface area contributed by atoms with Gasteiger partial charge in [0.1, 0.15) is 18.1 Å². The number of fused-ring (bicyclic) bond motifs is 1. The van der Waals surface area contributed by atoms with Gasteiger partial charge in [-0.1, -0.05) is 6.07 Å². The number of aromatic nitrogens is 5. The molecule has 4 rings (SSSR count). The fourth-order valence-electron chi connectivity index (χ4n) is 3.60. The number of urea groups is 1. The number of nitrogens with zero attached hydrogens (tertiary/aromatic N) is 6. The van der Waals surface area contributed by atoms with Crippen LogP contribution in [0.1, 0.15) is 36.1 Å². The highest BCUT2D eigenvalue weighted by atomic mass is 16.3. The predicted octanol–water partition coefficient (Wildman–Crippen LogP) is 1.04. The maximum absolute atomic E-state index is 12.5. The van der Waals surface area contributed by atoms with Gasteiger partial charge < -0.3 is 24.3 Å². The van der Waals surface area contributed by atoms with Gasteiger partial charge in [-0.15, -0.1) is 10.2 Å². The Balaban J connectivity index is 1.32. The lowest BCUT2D eigenvalue weighted by Crippen LogP contribution is -2.44. The fraction of sp³-hybridized carbons (Fsp3) is 0.444. The molecular formula is C18H23N7O2. The summed E-state index contributed by atoms with van der Waals surface area (Å²) in [6, 6.07) is 5.76. The highest BCUT2D eigenvalue weighted by Gasteiger charge is 2.27. The van der Waals surface area contributed by atoms with Crippen LogP contribution in [-0.4, -0.2) is 53.3 Å². The van der Waals surface area contributed by atoms with Gasteiger partial charge in [0, 0.05) is 32.3 Å². The Kier molecular flexibility index (Phi) is 4.76. The zero-order valence-corrected chi connectivity index (χ0v) is 15.2. The summed E-state index contributed by atoms with van der Waals surface area (Å²) in [5.41, 5.74) is 1.82. The lowest BCUT2D eigenvalue weighted by molar-refractivity contribution is 0.179. The molecule has 0 unspecified atom stereocenters. The highest BCUT2D eigenvalue weighted by molar-refractivity contribution is 5.74. The van der Waals surface area contributed by atoms with Crippen LogP contribution in [0.25, 0.3) is 5.65 Å². The maximum Gasteiger partial charge on any atom is 0.317 e. The number of carbonyl (C=O) groups excluding carboxylic acids is 1. The molecule has 4 heterocycles. The van der Waals surface area contributed by atoms with Crippen LogP contribution in [0.5, 0.6) is 0 Å². The smallest absolute Gasteiger partial charge is 0.317 e. The van der Waals surface area contributed by atoms with Crippen molar-refractivity contribution in [3.05, 3.63) is 47.9 Å². The summed E-state index contributed by atoms with van der Waals surface area (Å²) in [4.78, 5) is 18.7. The molecule has 9 nitrogen and oxygen atoms in total. The van der Waals surface area contributed by atoms with Crippen LogP contribution in [0.15, 0.2) is 30.6 Å². The number of hydrogen-bond donors (Lipinski definition) is 2. The molecule has 142 valence electrons. The van der Waals surface area contributed by atoms with Crippen molar-refractivity contribution in [2.75, 3.05) is 13.1 Å². The summed E-state index contributed by atoms with van der Waals surface area (Å²) in [6.45, 7) is 1.66. The molecule has 9 heteroatoms. The second-order valence-electron chi connectivity index (χ2n) is 6.79. The molecule has 3 aromatic rings. The molecule has 1 aliphatic rings. The number of imidazole rings is 1. The van der Waals surface area contributed by atoms with Gasteiger partial charge in [0.15, 0.2) is 5.82 Å². The van der Waals surface area contributed by atoms with Gasteiger partial charge in [0.05, 0.1) is 18.4 Å². The molecule has 0 aromatic carbocycles. The van der Waals surface area contributed by atoms with Crippen molar-refractivity contribution in [2.24, 2.45) is 7.05 Å². The van der Waals surface area contributed by atoms with Gasteiger partial charge in [-0.25, -0.2) is 9.78 Å². The average molecular weight is 369 g/mol. The quantitative estimate of drug-likeness (QED) is 0.716. The Hall–Kier alpha value is -2.94. The van der Waals surface area contributed by atoms with Crippen molar-refractivity contribution in [2.45, 2.75) is 31.9 Å². The number of rotatable bonds is 4. The molecule has 1 saturated heterocycles. The summed E-state index contributed by atoms with van der Waals surface area (Å²) in [5, 5.41) is 20.5. The molecule has 3 aromatic heterocycles. The van der Waals surface area contributed by atoms with Crippen molar-refractivity contribution < 1.29 is 9.90 Å². The number of likely N-dealkylation sites (tertiary alicyclic amines) is 1. The number of piperidine rings is 1. The minimum absolute atomic E-state index is 0.0617. The molecule has 0 atom stereocenters. The van der Waals surface area contributed by atoms with E-state index in [4.69, 9.17) is 0 Å². The van der Waals surface area contributed by atoms with Crippen LogP contribution in [0, 0.1) is 0 Å². The highest BCUT2D eigenvalue weighted by Crippen LogP contribution is 2.26. The summed E-state index contributed by atoms with van der Waals surface area (Å²) in [7, 11) is 1.87. The topological polar surface area (TPSA) is 101 Å². The summed E-state index contributed by atoms with van der Waals surface area (Å²) >= 11 is 0. The molecule has 0 spiro atoms. The van der Waals surface area contributed by atoms with E-state index >= 15 is 0 Å². The standard InChI is InChI=1S/C18H23N7O2/c1-23-16(12-26)21-22-17(23)13-5-8-24(9-6-13)18(27)20-11-14-10-19-15-4-2-3-7-25(14)15/h2-4,7,10,13,26H,5-6,8-9,11-12H2,1H3,(H,20,27). The third-order valence-electron chi connectivity index (χ3n) is 5.20. The van der Waals surface area contributed by atoms with Gasteiger partial charge in [0.2, 0.25) is 0 Å². The Morgan fingerprint density at radius 2 is 2.11 bits per heavy atom. The van der Waals surface area contributed by atoms with Crippen LogP contribution in [0.4, 0.5) is 4.79 Å². The Labute approximate surface area is 156 Å². The van der Waals surface area contributed by atoms with Gasteiger partial charge in [0.25, 0.3) is 0 Å². The van der Waals surface area contributed by atoms with Gasteiger partial charge in [-0.3, -0.25) is 0 Å². The van der Waals surface area contributed by atoms with Crippen molar-refractivity contribution in [1.29, 1.82) is 0 Å². The van der Waals surface area contributed by atoms with Gasteiger partial charge >= 0.3 is 6.03 Å². The zero-order valence-electron chi connectivity index (χ0n) is 15.2. The van der Waals surface area contributed by atoms with Crippen LogP contribution in [0.3, 0.4) is 0 Å². The third-order valence-corrected chi connectivity index (χ3v) is 5.20. The molecule has 0 radical (unpaired) electrons. The first-order chi connectivity index (χ1) is 13.2. The molecule has 2 N–H and O–H groups in total. The van der Waals surface area contributed by atoms with Crippen molar-refractivity contribution >= 4 is 11.7 Å². The van der Waals surface area contributed by atoms with E-state index in [-0.39, 0.29) is 18.6 Å². The van der Waals surface area contributed by atoms with Gasteiger partial charge in [-0.05, 0) is 25.0 Å². The van der Waals surface area contributed by atoms with E-state index in [2.05, 4.69) is 20.5 Å². The van der Waals surface area contributed by atoms with E-state index < -0.39 is 0 Å². The molecule has 27 heavy (non-hydrogen) atoms. The molecule has 0 saturated carbocycles. The van der Waals surface area contributed by atoms with Crippen molar-refractivity contribution in [3.63, 3.8) is 0 Å². The molecule has 0 bridgehead atoms. The molecular weight excluding hydrogens is 346 g/mol. The van der Waals surface area contributed by atoms with E-state index in [1.54, 1.807) is 6.20 Å².